The molecule has 2 aromatic rings. The van der Waals surface area contributed by atoms with Gasteiger partial charge in [0, 0.05) is 22.8 Å². The van der Waals surface area contributed by atoms with Gasteiger partial charge in [0.05, 0.1) is 10.7 Å². The lowest BCUT2D eigenvalue weighted by Gasteiger charge is -2.11. The standard InChI is InChI=1S/C19H18Cl2N2O2/c1-12(2)23-19(25)16(11-22-14-9-7-13(20)8-10-14)18(24)15-5-3-4-6-17(15)21/h3-12,24H,1-2H3,(H,23,25). The summed E-state index contributed by atoms with van der Waals surface area (Å²) in [5.41, 5.74) is 0.989. The molecule has 0 saturated heterocycles. The molecule has 0 heterocycles. The Morgan fingerprint density at radius 3 is 2.36 bits per heavy atom. The second kappa shape index (κ2) is 8.70. The van der Waals surface area contributed by atoms with Crippen LogP contribution in [0.15, 0.2) is 59.1 Å². The maximum absolute atomic E-state index is 12.5. The molecule has 0 atom stereocenters. The molecule has 2 aromatic carbocycles. The molecule has 2 rings (SSSR count). The maximum Gasteiger partial charge on any atom is 0.256 e. The molecule has 0 unspecified atom stereocenters. The predicted molar refractivity (Wildman–Crippen MR) is 104 cm³/mol. The Morgan fingerprint density at radius 2 is 1.76 bits per heavy atom. The van der Waals surface area contributed by atoms with E-state index in [-0.39, 0.29) is 17.4 Å². The van der Waals surface area contributed by atoms with Gasteiger partial charge in [0.15, 0.2) is 0 Å². The Kier molecular flexibility index (Phi) is 6.62. The van der Waals surface area contributed by atoms with Crippen LogP contribution in [0, 0.1) is 0 Å². The second-order valence-electron chi connectivity index (χ2n) is 5.60. The number of halogens is 2. The van der Waals surface area contributed by atoms with Crippen molar-refractivity contribution in [2.24, 2.45) is 4.99 Å². The van der Waals surface area contributed by atoms with Gasteiger partial charge in [-0.2, -0.15) is 0 Å². The van der Waals surface area contributed by atoms with Crippen LogP contribution in [-0.2, 0) is 4.79 Å². The van der Waals surface area contributed by atoms with Crippen LogP contribution in [0.4, 0.5) is 5.69 Å². The van der Waals surface area contributed by atoms with Gasteiger partial charge in [0.1, 0.15) is 11.3 Å². The topological polar surface area (TPSA) is 61.7 Å². The maximum atomic E-state index is 12.5. The largest absolute Gasteiger partial charge is 0.506 e. The van der Waals surface area contributed by atoms with Gasteiger partial charge in [0.25, 0.3) is 5.91 Å². The molecular weight excluding hydrogens is 359 g/mol. The highest BCUT2D eigenvalue weighted by atomic mass is 35.5. The predicted octanol–water partition coefficient (Wildman–Crippen LogP) is 5.19. The second-order valence-corrected chi connectivity index (χ2v) is 6.45. The highest BCUT2D eigenvalue weighted by molar-refractivity contribution is 6.33. The van der Waals surface area contributed by atoms with Crippen molar-refractivity contribution < 1.29 is 9.90 Å². The lowest BCUT2D eigenvalue weighted by molar-refractivity contribution is -0.117. The number of nitrogens with zero attached hydrogens (tertiary/aromatic N) is 1. The number of nitrogens with one attached hydrogen (secondary N) is 1. The molecule has 0 spiro atoms. The van der Waals surface area contributed by atoms with Crippen molar-refractivity contribution in [3.63, 3.8) is 0 Å². The number of amides is 1. The van der Waals surface area contributed by atoms with Gasteiger partial charge in [-0.25, -0.2) is 0 Å². The van der Waals surface area contributed by atoms with Gasteiger partial charge in [-0.3, -0.25) is 9.79 Å². The van der Waals surface area contributed by atoms with E-state index in [9.17, 15) is 9.90 Å². The molecule has 6 heteroatoms. The third-order valence-corrected chi connectivity index (χ3v) is 3.80. The third-order valence-electron chi connectivity index (χ3n) is 3.22. The SMILES string of the molecule is CC(C)NC(=O)C(C=Nc1ccc(Cl)cc1)=C(O)c1ccccc1Cl. The summed E-state index contributed by atoms with van der Waals surface area (Å²) in [6.07, 6.45) is 1.32. The van der Waals surface area contributed by atoms with Crippen molar-refractivity contribution in [1.29, 1.82) is 0 Å². The number of benzene rings is 2. The molecule has 0 aliphatic carbocycles. The number of hydrogen-bond acceptors (Lipinski definition) is 3. The van der Waals surface area contributed by atoms with Crippen LogP contribution in [0.25, 0.3) is 5.76 Å². The van der Waals surface area contributed by atoms with E-state index in [2.05, 4.69) is 10.3 Å². The Bertz CT molecular complexity index is 812. The Balaban J connectivity index is 2.45. The van der Waals surface area contributed by atoms with Crippen LogP contribution in [0.5, 0.6) is 0 Å². The Hall–Kier alpha value is -2.30. The normalized spacial score (nSPS) is 12.4. The zero-order valence-corrected chi connectivity index (χ0v) is 15.3. The summed E-state index contributed by atoms with van der Waals surface area (Å²) in [5.74, 6) is -0.674. The molecule has 0 aliphatic heterocycles. The zero-order valence-electron chi connectivity index (χ0n) is 13.8. The first-order valence-corrected chi connectivity index (χ1v) is 8.42. The van der Waals surface area contributed by atoms with E-state index < -0.39 is 5.91 Å². The van der Waals surface area contributed by atoms with E-state index in [4.69, 9.17) is 23.2 Å². The van der Waals surface area contributed by atoms with Gasteiger partial charge in [0.2, 0.25) is 0 Å². The number of carbonyl (C=O) groups excluding carboxylic acids is 1. The number of rotatable bonds is 5. The highest BCUT2D eigenvalue weighted by Gasteiger charge is 2.17. The van der Waals surface area contributed by atoms with Gasteiger partial charge >= 0.3 is 0 Å². The molecule has 25 heavy (non-hydrogen) atoms. The van der Waals surface area contributed by atoms with E-state index in [1.807, 2.05) is 13.8 Å². The van der Waals surface area contributed by atoms with Crippen molar-refractivity contribution in [2.75, 3.05) is 0 Å². The van der Waals surface area contributed by atoms with E-state index in [1.165, 1.54) is 6.21 Å². The van der Waals surface area contributed by atoms with Crippen LogP contribution in [-0.4, -0.2) is 23.3 Å². The average molecular weight is 377 g/mol. The van der Waals surface area contributed by atoms with Crippen LogP contribution >= 0.6 is 23.2 Å². The molecular formula is C19H18Cl2N2O2. The summed E-state index contributed by atoms with van der Waals surface area (Å²) in [6, 6.07) is 13.5. The highest BCUT2D eigenvalue weighted by Crippen LogP contribution is 2.24. The minimum atomic E-state index is -0.440. The fourth-order valence-electron chi connectivity index (χ4n) is 2.03. The number of aliphatic hydroxyl groups is 1. The zero-order chi connectivity index (χ0) is 18.4. The van der Waals surface area contributed by atoms with Crippen LogP contribution in [0.1, 0.15) is 19.4 Å². The van der Waals surface area contributed by atoms with Crippen molar-refractivity contribution >= 4 is 46.8 Å². The summed E-state index contributed by atoms with van der Waals surface area (Å²) in [5, 5.41) is 14.3. The van der Waals surface area contributed by atoms with Crippen molar-refractivity contribution in [3.05, 3.63) is 69.7 Å². The number of carbonyl (C=O) groups is 1. The lowest BCUT2D eigenvalue weighted by Crippen LogP contribution is -2.32. The van der Waals surface area contributed by atoms with E-state index in [0.29, 0.717) is 21.3 Å². The monoisotopic (exact) mass is 376 g/mol. The van der Waals surface area contributed by atoms with Crippen molar-refractivity contribution in [1.82, 2.24) is 5.32 Å². The minimum Gasteiger partial charge on any atom is -0.506 e. The number of aliphatic imine (C=N–C) groups is 1. The molecule has 0 fully saturated rings. The molecule has 130 valence electrons. The Labute approximate surface area is 156 Å². The van der Waals surface area contributed by atoms with E-state index in [0.717, 1.165) is 0 Å². The van der Waals surface area contributed by atoms with Crippen LogP contribution in [0.3, 0.4) is 0 Å². The summed E-state index contributed by atoms with van der Waals surface area (Å²) >= 11 is 12.0. The van der Waals surface area contributed by atoms with Crippen LogP contribution in [0.2, 0.25) is 10.0 Å². The molecule has 2 N–H and O–H groups in total. The van der Waals surface area contributed by atoms with Gasteiger partial charge in [-0.15, -0.1) is 0 Å². The first-order valence-electron chi connectivity index (χ1n) is 7.67. The average Bonchev–Trinajstić information content (AvgIpc) is 2.56. The molecule has 0 bridgehead atoms. The Morgan fingerprint density at radius 1 is 1.12 bits per heavy atom. The van der Waals surface area contributed by atoms with Gasteiger partial charge < -0.3 is 10.4 Å². The lowest BCUT2D eigenvalue weighted by atomic mass is 10.1. The number of hydrogen-bond donors (Lipinski definition) is 2. The fraction of sp³-hybridized carbons (Fsp3) is 0.158. The summed E-state index contributed by atoms with van der Waals surface area (Å²) in [7, 11) is 0. The quantitative estimate of drug-likeness (QED) is 0.428. The van der Waals surface area contributed by atoms with Crippen LogP contribution < -0.4 is 5.32 Å². The molecule has 1 amide bonds. The first-order chi connectivity index (χ1) is 11.9. The minimum absolute atomic E-state index is 0.0248. The summed E-state index contributed by atoms with van der Waals surface area (Å²) in [6.45, 7) is 3.66. The smallest absolute Gasteiger partial charge is 0.256 e. The number of aliphatic hydroxyl groups excluding tert-OH is 1. The molecule has 0 aliphatic rings. The van der Waals surface area contributed by atoms with Gasteiger partial charge in [-0.1, -0.05) is 35.3 Å². The van der Waals surface area contributed by atoms with Crippen molar-refractivity contribution in [2.45, 2.75) is 19.9 Å². The van der Waals surface area contributed by atoms with E-state index >= 15 is 0 Å². The first kappa shape index (κ1) is 19.0. The van der Waals surface area contributed by atoms with Gasteiger partial charge in [-0.05, 0) is 50.2 Å². The summed E-state index contributed by atoms with van der Waals surface area (Å²) in [4.78, 5) is 16.7. The summed E-state index contributed by atoms with van der Waals surface area (Å²) < 4.78 is 0. The molecule has 4 nitrogen and oxygen atoms in total. The van der Waals surface area contributed by atoms with Crippen molar-refractivity contribution in [3.8, 4) is 0 Å². The molecule has 0 radical (unpaired) electrons. The molecule has 0 saturated carbocycles. The molecule has 0 aromatic heterocycles. The fourth-order valence-corrected chi connectivity index (χ4v) is 2.38. The van der Waals surface area contributed by atoms with E-state index in [1.54, 1.807) is 48.5 Å². The third kappa shape index (κ3) is 5.34.